The van der Waals surface area contributed by atoms with Crippen LogP contribution in [0.5, 0.6) is 5.75 Å². The van der Waals surface area contributed by atoms with Gasteiger partial charge in [0, 0.05) is 24.0 Å². The van der Waals surface area contributed by atoms with Gasteiger partial charge in [-0.2, -0.15) is 0 Å². The van der Waals surface area contributed by atoms with Crippen molar-refractivity contribution in [2.75, 3.05) is 24.4 Å². The standard InChI is InChI=1S/C19H17ClN4O2/c1-24(14-6-4-3-5-7-14)19-21-11-10-15(23-19)18(25)22-16-12-13(20)8-9-17(16)26-2/h3-12H,1-2H3,(H,22,25). The number of nitrogens with zero attached hydrogens (tertiary/aromatic N) is 3. The summed E-state index contributed by atoms with van der Waals surface area (Å²) in [6.07, 6.45) is 1.55. The maximum Gasteiger partial charge on any atom is 0.274 e. The van der Waals surface area contributed by atoms with Crippen LogP contribution in [0.15, 0.2) is 60.8 Å². The molecule has 1 N–H and O–H groups in total. The zero-order valence-electron chi connectivity index (χ0n) is 14.3. The summed E-state index contributed by atoms with van der Waals surface area (Å²) in [5, 5.41) is 3.26. The zero-order valence-corrected chi connectivity index (χ0v) is 15.1. The van der Waals surface area contributed by atoms with Gasteiger partial charge >= 0.3 is 0 Å². The molecule has 0 aliphatic heterocycles. The molecule has 2 aromatic carbocycles. The second-order valence-electron chi connectivity index (χ2n) is 5.44. The molecule has 3 rings (SSSR count). The van der Waals surface area contributed by atoms with E-state index in [1.807, 2.05) is 37.4 Å². The van der Waals surface area contributed by atoms with Gasteiger partial charge in [-0.3, -0.25) is 4.79 Å². The minimum atomic E-state index is -0.379. The normalized spacial score (nSPS) is 10.3. The van der Waals surface area contributed by atoms with Gasteiger partial charge in [0.15, 0.2) is 0 Å². The summed E-state index contributed by atoms with van der Waals surface area (Å²) in [5.41, 5.74) is 1.63. The van der Waals surface area contributed by atoms with Crippen LogP contribution in [0.3, 0.4) is 0 Å². The molecule has 3 aromatic rings. The average molecular weight is 369 g/mol. The number of methoxy groups -OCH3 is 1. The first-order valence-electron chi connectivity index (χ1n) is 7.85. The second kappa shape index (κ2) is 7.84. The lowest BCUT2D eigenvalue weighted by Gasteiger charge is -2.17. The fraction of sp³-hybridized carbons (Fsp3) is 0.105. The molecule has 0 unspecified atom stereocenters. The van der Waals surface area contributed by atoms with Crippen LogP contribution >= 0.6 is 11.6 Å². The summed E-state index contributed by atoms with van der Waals surface area (Å²) in [5.74, 6) is 0.552. The number of rotatable bonds is 5. The molecule has 0 radical (unpaired) electrons. The van der Waals surface area contributed by atoms with Crippen LogP contribution < -0.4 is 15.0 Å². The van der Waals surface area contributed by atoms with E-state index in [-0.39, 0.29) is 11.6 Å². The molecule has 0 saturated heterocycles. The van der Waals surface area contributed by atoms with E-state index in [9.17, 15) is 4.79 Å². The highest BCUT2D eigenvalue weighted by atomic mass is 35.5. The molecule has 0 spiro atoms. The van der Waals surface area contributed by atoms with E-state index in [2.05, 4.69) is 15.3 Å². The topological polar surface area (TPSA) is 67.3 Å². The number of carbonyl (C=O) groups is 1. The molecular formula is C19H17ClN4O2. The van der Waals surface area contributed by atoms with Crippen molar-refractivity contribution < 1.29 is 9.53 Å². The van der Waals surface area contributed by atoms with E-state index < -0.39 is 0 Å². The van der Waals surface area contributed by atoms with E-state index in [4.69, 9.17) is 16.3 Å². The number of anilines is 3. The monoisotopic (exact) mass is 368 g/mol. The summed E-state index contributed by atoms with van der Waals surface area (Å²) in [7, 11) is 3.36. The number of nitrogens with one attached hydrogen (secondary N) is 1. The Morgan fingerprint density at radius 1 is 1.15 bits per heavy atom. The quantitative estimate of drug-likeness (QED) is 0.732. The molecular weight excluding hydrogens is 352 g/mol. The zero-order chi connectivity index (χ0) is 18.5. The van der Waals surface area contributed by atoms with Crippen molar-refractivity contribution in [1.29, 1.82) is 0 Å². The molecule has 132 valence electrons. The summed E-state index contributed by atoms with van der Waals surface area (Å²) in [6.45, 7) is 0. The number of halogens is 1. The molecule has 0 bridgehead atoms. The molecule has 0 saturated carbocycles. The van der Waals surface area contributed by atoms with Gasteiger partial charge in [0.05, 0.1) is 12.8 Å². The molecule has 0 aliphatic carbocycles. The van der Waals surface area contributed by atoms with Crippen LogP contribution in [-0.4, -0.2) is 30.0 Å². The Balaban J connectivity index is 1.84. The Morgan fingerprint density at radius 2 is 1.92 bits per heavy atom. The fourth-order valence-corrected chi connectivity index (χ4v) is 2.54. The third-order valence-electron chi connectivity index (χ3n) is 3.73. The number of benzene rings is 2. The lowest BCUT2D eigenvalue weighted by Crippen LogP contribution is -2.18. The number of carbonyl (C=O) groups excluding carboxylic acids is 1. The summed E-state index contributed by atoms with van der Waals surface area (Å²) >= 11 is 6.00. The van der Waals surface area contributed by atoms with Gasteiger partial charge in [0.2, 0.25) is 5.95 Å². The number of para-hydroxylation sites is 1. The van der Waals surface area contributed by atoms with Crippen molar-refractivity contribution in [3.8, 4) is 5.75 Å². The SMILES string of the molecule is COc1ccc(Cl)cc1NC(=O)c1ccnc(N(C)c2ccccc2)n1. The van der Waals surface area contributed by atoms with Gasteiger partial charge in [-0.15, -0.1) is 0 Å². The first-order valence-corrected chi connectivity index (χ1v) is 8.23. The van der Waals surface area contributed by atoms with E-state index in [0.717, 1.165) is 5.69 Å². The molecule has 26 heavy (non-hydrogen) atoms. The summed E-state index contributed by atoms with van der Waals surface area (Å²) in [4.78, 5) is 23.0. The Hall–Kier alpha value is -3.12. The molecule has 0 aliphatic rings. The van der Waals surface area contributed by atoms with Crippen molar-refractivity contribution in [3.63, 3.8) is 0 Å². The first kappa shape index (κ1) is 17.7. The number of amides is 1. The Labute approximate surface area is 156 Å². The van der Waals surface area contributed by atoms with Crippen LogP contribution in [-0.2, 0) is 0 Å². The third-order valence-corrected chi connectivity index (χ3v) is 3.96. The lowest BCUT2D eigenvalue weighted by atomic mass is 10.2. The van der Waals surface area contributed by atoms with E-state index >= 15 is 0 Å². The average Bonchev–Trinajstić information content (AvgIpc) is 2.68. The minimum absolute atomic E-state index is 0.236. The Bertz CT molecular complexity index is 918. The number of aromatic nitrogens is 2. The molecule has 1 aromatic heterocycles. The molecule has 1 heterocycles. The van der Waals surface area contributed by atoms with Gasteiger partial charge in [-0.1, -0.05) is 29.8 Å². The van der Waals surface area contributed by atoms with Crippen LogP contribution in [0.1, 0.15) is 10.5 Å². The lowest BCUT2D eigenvalue weighted by molar-refractivity contribution is 0.102. The van der Waals surface area contributed by atoms with Gasteiger partial charge in [-0.25, -0.2) is 9.97 Å². The largest absolute Gasteiger partial charge is 0.495 e. The van der Waals surface area contributed by atoms with Crippen molar-refractivity contribution >= 4 is 34.8 Å². The van der Waals surface area contributed by atoms with Crippen molar-refractivity contribution in [2.24, 2.45) is 0 Å². The number of ether oxygens (including phenoxy) is 1. The van der Waals surface area contributed by atoms with E-state index in [1.165, 1.54) is 7.11 Å². The van der Waals surface area contributed by atoms with Crippen molar-refractivity contribution in [2.45, 2.75) is 0 Å². The highest BCUT2D eigenvalue weighted by molar-refractivity contribution is 6.31. The Morgan fingerprint density at radius 3 is 2.65 bits per heavy atom. The molecule has 1 amide bonds. The maximum absolute atomic E-state index is 12.6. The van der Waals surface area contributed by atoms with Crippen molar-refractivity contribution in [1.82, 2.24) is 9.97 Å². The minimum Gasteiger partial charge on any atom is -0.495 e. The fourth-order valence-electron chi connectivity index (χ4n) is 2.37. The molecule has 0 fully saturated rings. The highest BCUT2D eigenvalue weighted by Crippen LogP contribution is 2.28. The maximum atomic E-state index is 12.6. The molecule has 6 nitrogen and oxygen atoms in total. The van der Waals surface area contributed by atoms with Gasteiger partial charge in [-0.05, 0) is 36.4 Å². The van der Waals surface area contributed by atoms with E-state index in [0.29, 0.717) is 22.4 Å². The Kier molecular flexibility index (Phi) is 5.34. The molecule has 0 atom stereocenters. The first-order chi connectivity index (χ1) is 12.6. The van der Waals surface area contributed by atoms with Crippen LogP contribution in [0.25, 0.3) is 0 Å². The molecule has 7 heteroatoms. The highest BCUT2D eigenvalue weighted by Gasteiger charge is 2.14. The predicted molar refractivity (Wildman–Crippen MR) is 102 cm³/mol. The predicted octanol–water partition coefficient (Wildman–Crippen LogP) is 4.16. The second-order valence-corrected chi connectivity index (χ2v) is 5.87. The van der Waals surface area contributed by atoms with Crippen LogP contribution in [0, 0.1) is 0 Å². The van der Waals surface area contributed by atoms with Gasteiger partial charge < -0.3 is 15.0 Å². The van der Waals surface area contributed by atoms with Crippen LogP contribution in [0.2, 0.25) is 5.02 Å². The third kappa shape index (κ3) is 3.92. The number of hydrogen-bond acceptors (Lipinski definition) is 5. The smallest absolute Gasteiger partial charge is 0.274 e. The summed E-state index contributed by atoms with van der Waals surface area (Å²) < 4.78 is 5.24. The summed E-state index contributed by atoms with van der Waals surface area (Å²) in [6, 6.07) is 16.2. The van der Waals surface area contributed by atoms with Crippen molar-refractivity contribution in [3.05, 3.63) is 71.5 Å². The number of hydrogen-bond donors (Lipinski definition) is 1. The van der Waals surface area contributed by atoms with Gasteiger partial charge in [0.1, 0.15) is 11.4 Å². The van der Waals surface area contributed by atoms with E-state index in [1.54, 1.807) is 35.4 Å². The van der Waals surface area contributed by atoms with Gasteiger partial charge in [0.25, 0.3) is 5.91 Å². The van der Waals surface area contributed by atoms with Crippen LogP contribution in [0.4, 0.5) is 17.3 Å².